The molecule has 0 saturated heterocycles. The van der Waals surface area contributed by atoms with Crippen LogP contribution in [0.2, 0.25) is 10.0 Å². The number of carbonyl (C=O) groups is 1. The van der Waals surface area contributed by atoms with Crippen LogP contribution in [0, 0.1) is 0 Å². The summed E-state index contributed by atoms with van der Waals surface area (Å²) < 4.78 is 5.87. The Balaban J connectivity index is 1.87. The van der Waals surface area contributed by atoms with E-state index in [0.717, 1.165) is 18.4 Å². The molecule has 1 aliphatic rings. The van der Waals surface area contributed by atoms with Gasteiger partial charge in [-0.2, -0.15) is 0 Å². The van der Waals surface area contributed by atoms with Crippen molar-refractivity contribution >= 4 is 29.1 Å². The molecule has 2 aromatic carbocycles. The Hall–Kier alpha value is -1.71. The van der Waals surface area contributed by atoms with Gasteiger partial charge in [0.1, 0.15) is 10.8 Å². The molecule has 1 saturated carbocycles. The topological polar surface area (TPSA) is 38.3 Å². The van der Waals surface area contributed by atoms with E-state index in [4.69, 9.17) is 27.9 Å². The number of rotatable bonds is 5. The lowest BCUT2D eigenvalue weighted by molar-refractivity contribution is -0.128. The van der Waals surface area contributed by atoms with Gasteiger partial charge in [-0.1, -0.05) is 59.6 Å². The highest BCUT2D eigenvalue weighted by atomic mass is 35.5. The SMILES string of the molecule is O=C(NC1CC1)[C@@H](Oc1cccc(Cl)c1Cl)c1ccccc1. The van der Waals surface area contributed by atoms with E-state index in [2.05, 4.69) is 5.32 Å². The van der Waals surface area contributed by atoms with Crippen molar-refractivity contribution in [1.82, 2.24) is 5.32 Å². The van der Waals surface area contributed by atoms with Crippen molar-refractivity contribution in [2.24, 2.45) is 0 Å². The molecule has 1 N–H and O–H groups in total. The van der Waals surface area contributed by atoms with Gasteiger partial charge in [-0.25, -0.2) is 0 Å². The number of carbonyl (C=O) groups excluding carboxylic acids is 1. The van der Waals surface area contributed by atoms with Crippen LogP contribution in [-0.4, -0.2) is 11.9 Å². The molecule has 0 aromatic heterocycles. The summed E-state index contributed by atoms with van der Waals surface area (Å²) in [6, 6.07) is 14.7. The Morgan fingerprint density at radius 2 is 1.82 bits per heavy atom. The molecule has 1 atom stereocenters. The van der Waals surface area contributed by atoms with E-state index in [1.807, 2.05) is 30.3 Å². The van der Waals surface area contributed by atoms with Crippen LogP contribution in [0.15, 0.2) is 48.5 Å². The summed E-state index contributed by atoms with van der Waals surface area (Å²) in [7, 11) is 0. The molecule has 1 amide bonds. The molecule has 3 rings (SSSR count). The van der Waals surface area contributed by atoms with Crippen LogP contribution in [0.5, 0.6) is 5.75 Å². The first-order valence-corrected chi connectivity index (χ1v) is 7.87. The van der Waals surface area contributed by atoms with Gasteiger partial charge in [-0.3, -0.25) is 4.79 Å². The molecule has 0 radical (unpaired) electrons. The van der Waals surface area contributed by atoms with Crippen LogP contribution in [-0.2, 0) is 4.79 Å². The summed E-state index contributed by atoms with van der Waals surface area (Å²) in [6.45, 7) is 0. The molecular weight excluding hydrogens is 321 g/mol. The van der Waals surface area contributed by atoms with E-state index in [-0.39, 0.29) is 11.9 Å². The van der Waals surface area contributed by atoms with E-state index in [1.54, 1.807) is 18.2 Å². The van der Waals surface area contributed by atoms with E-state index < -0.39 is 6.10 Å². The van der Waals surface area contributed by atoms with Gasteiger partial charge >= 0.3 is 0 Å². The largest absolute Gasteiger partial charge is 0.474 e. The Kier molecular flexibility index (Phi) is 4.55. The van der Waals surface area contributed by atoms with Crippen molar-refractivity contribution in [3.63, 3.8) is 0 Å². The summed E-state index contributed by atoms with van der Waals surface area (Å²) in [6.07, 6.45) is 1.29. The molecule has 114 valence electrons. The molecule has 0 spiro atoms. The first-order chi connectivity index (χ1) is 10.6. The van der Waals surface area contributed by atoms with Crippen molar-refractivity contribution in [2.45, 2.75) is 25.0 Å². The minimum absolute atomic E-state index is 0.162. The van der Waals surface area contributed by atoms with Gasteiger partial charge in [0, 0.05) is 11.6 Å². The van der Waals surface area contributed by atoms with Crippen molar-refractivity contribution in [2.75, 3.05) is 0 Å². The van der Waals surface area contributed by atoms with Gasteiger partial charge < -0.3 is 10.1 Å². The van der Waals surface area contributed by atoms with E-state index in [9.17, 15) is 4.79 Å². The Morgan fingerprint density at radius 3 is 2.50 bits per heavy atom. The lowest BCUT2D eigenvalue weighted by Gasteiger charge is -2.20. The van der Waals surface area contributed by atoms with Crippen LogP contribution in [0.4, 0.5) is 0 Å². The molecule has 0 bridgehead atoms. The minimum Gasteiger partial charge on any atom is -0.474 e. The number of hydrogen-bond acceptors (Lipinski definition) is 2. The molecular formula is C17H15Cl2NO2. The van der Waals surface area contributed by atoms with Crippen LogP contribution >= 0.6 is 23.2 Å². The van der Waals surface area contributed by atoms with Crippen LogP contribution < -0.4 is 10.1 Å². The third-order valence-corrected chi connectivity index (χ3v) is 4.23. The average molecular weight is 336 g/mol. The molecule has 3 nitrogen and oxygen atoms in total. The zero-order chi connectivity index (χ0) is 15.5. The smallest absolute Gasteiger partial charge is 0.266 e. The lowest BCUT2D eigenvalue weighted by atomic mass is 10.1. The zero-order valence-corrected chi connectivity index (χ0v) is 13.3. The normalized spacial score (nSPS) is 15.2. The Labute approximate surface area is 139 Å². The molecule has 1 fully saturated rings. The summed E-state index contributed by atoms with van der Waals surface area (Å²) in [5.74, 6) is 0.235. The van der Waals surface area contributed by atoms with E-state index >= 15 is 0 Å². The lowest BCUT2D eigenvalue weighted by Crippen LogP contribution is -2.33. The molecule has 22 heavy (non-hydrogen) atoms. The highest BCUT2D eigenvalue weighted by Gasteiger charge is 2.30. The molecule has 0 heterocycles. The number of nitrogens with one attached hydrogen (secondary N) is 1. The van der Waals surface area contributed by atoms with E-state index in [1.165, 1.54) is 0 Å². The van der Waals surface area contributed by atoms with Crippen molar-refractivity contribution < 1.29 is 9.53 Å². The molecule has 5 heteroatoms. The monoisotopic (exact) mass is 335 g/mol. The number of hydrogen-bond donors (Lipinski definition) is 1. The summed E-state index contributed by atoms with van der Waals surface area (Å²) in [5, 5.41) is 3.67. The fourth-order valence-corrected chi connectivity index (χ4v) is 2.44. The first-order valence-electron chi connectivity index (χ1n) is 7.11. The maximum atomic E-state index is 12.5. The summed E-state index contributed by atoms with van der Waals surface area (Å²) >= 11 is 12.2. The van der Waals surface area contributed by atoms with Crippen LogP contribution in [0.1, 0.15) is 24.5 Å². The Bertz CT molecular complexity index is 672. The second-order valence-corrected chi connectivity index (χ2v) is 6.03. The highest BCUT2D eigenvalue weighted by molar-refractivity contribution is 6.42. The minimum atomic E-state index is -0.752. The fourth-order valence-electron chi connectivity index (χ4n) is 2.11. The molecule has 1 aliphatic carbocycles. The van der Waals surface area contributed by atoms with Crippen LogP contribution in [0.25, 0.3) is 0 Å². The van der Waals surface area contributed by atoms with Gasteiger partial charge in [0.05, 0.1) is 5.02 Å². The van der Waals surface area contributed by atoms with Gasteiger partial charge in [0.15, 0.2) is 0 Å². The van der Waals surface area contributed by atoms with Crippen molar-refractivity contribution in [3.8, 4) is 5.75 Å². The predicted molar refractivity (Wildman–Crippen MR) is 87.4 cm³/mol. The summed E-state index contributed by atoms with van der Waals surface area (Å²) in [5.41, 5.74) is 0.775. The fraction of sp³-hybridized carbons (Fsp3) is 0.235. The second kappa shape index (κ2) is 6.59. The Morgan fingerprint density at radius 1 is 1.09 bits per heavy atom. The quantitative estimate of drug-likeness (QED) is 0.879. The molecule has 0 unspecified atom stereocenters. The predicted octanol–water partition coefficient (Wildman–Crippen LogP) is 4.39. The van der Waals surface area contributed by atoms with Gasteiger partial charge in [0.2, 0.25) is 6.10 Å². The maximum absolute atomic E-state index is 12.5. The number of benzene rings is 2. The third kappa shape index (κ3) is 3.54. The van der Waals surface area contributed by atoms with Crippen molar-refractivity contribution in [3.05, 3.63) is 64.1 Å². The van der Waals surface area contributed by atoms with Crippen LogP contribution in [0.3, 0.4) is 0 Å². The maximum Gasteiger partial charge on any atom is 0.266 e. The van der Waals surface area contributed by atoms with Crippen molar-refractivity contribution in [1.29, 1.82) is 0 Å². The standard InChI is InChI=1S/C17H15Cl2NO2/c18-13-7-4-8-14(15(13)19)22-16(11-5-2-1-3-6-11)17(21)20-12-9-10-12/h1-8,12,16H,9-10H2,(H,20,21)/t16-/m0/s1. The number of halogens is 2. The van der Waals surface area contributed by atoms with Gasteiger partial charge in [-0.05, 0) is 25.0 Å². The average Bonchev–Trinajstić information content (AvgIpc) is 3.33. The van der Waals surface area contributed by atoms with Gasteiger partial charge in [0.25, 0.3) is 5.91 Å². The molecule has 2 aromatic rings. The number of amides is 1. The third-order valence-electron chi connectivity index (χ3n) is 3.43. The molecule has 0 aliphatic heterocycles. The van der Waals surface area contributed by atoms with E-state index in [0.29, 0.717) is 15.8 Å². The number of ether oxygens (including phenoxy) is 1. The highest BCUT2D eigenvalue weighted by Crippen LogP contribution is 2.34. The second-order valence-electron chi connectivity index (χ2n) is 5.24. The zero-order valence-electron chi connectivity index (χ0n) is 11.8. The summed E-state index contributed by atoms with van der Waals surface area (Å²) in [4.78, 5) is 12.5. The first kappa shape index (κ1) is 15.2. The van der Waals surface area contributed by atoms with Gasteiger partial charge in [-0.15, -0.1) is 0 Å².